The molecule has 0 heterocycles. The van der Waals surface area contributed by atoms with Crippen molar-refractivity contribution >= 4 is 5.91 Å². The van der Waals surface area contributed by atoms with Gasteiger partial charge < -0.3 is 11.1 Å². The molecule has 2 aromatic rings. The zero-order chi connectivity index (χ0) is 13.9. The highest BCUT2D eigenvalue weighted by Gasteiger charge is 2.25. The Morgan fingerprint density at radius 3 is 2.60 bits per heavy atom. The summed E-state index contributed by atoms with van der Waals surface area (Å²) in [4.78, 5) is 12.3. The monoisotopic (exact) mass is 266 g/mol. The van der Waals surface area contributed by atoms with Crippen LogP contribution in [0.25, 0.3) is 0 Å². The van der Waals surface area contributed by atoms with Crippen LogP contribution in [0.15, 0.2) is 54.6 Å². The average Bonchev–Trinajstić information content (AvgIpc) is 2.91. The number of aryl methyl sites for hydroxylation is 1. The van der Waals surface area contributed by atoms with Gasteiger partial charge in [0.15, 0.2) is 0 Å². The van der Waals surface area contributed by atoms with Crippen molar-refractivity contribution in [3.8, 4) is 0 Å². The fourth-order valence-electron chi connectivity index (χ4n) is 2.78. The number of nitrogens with one attached hydrogen (secondary N) is 1. The summed E-state index contributed by atoms with van der Waals surface area (Å²) in [5, 5.41) is 3.07. The van der Waals surface area contributed by atoms with E-state index in [9.17, 15) is 4.79 Å². The van der Waals surface area contributed by atoms with Gasteiger partial charge in [-0.05, 0) is 29.5 Å². The second-order valence-corrected chi connectivity index (χ2v) is 5.19. The summed E-state index contributed by atoms with van der Waals surface area (Å²) in [6, 6.07) is 17.2. The lowest BCUT2D eigenvalue weighted by Gasteiger charge is -2.18. The van der Waals surface area contributed by atoms with Gasteiger partial charge in [0.2, 0.25) is 5.91 Å². The standard InChI is InChI=1S/C17H18N2O/c18-16(13-7-2-1-3-8-13)17(20)19-15-11-10-12-6-4-5-9-14(12)15/h1-9,15-16H,10-11,18H2,(H,19,20)/t15?,16-/m0/s1. The molecule has 0 saturated carbocycles. The number of carbonyl (C=O) groups excluding carboxylic acids is 1. The third kappa shape index (κ3) is 2.45. The second-order valence-electron chi connectivity index (χ2n) is 5.19. The number of benzene rings is 2. The van der Waals surface area contributed by atoms with E-state index in [1.165, 1.54) is 11.1 Å². The quantitative estimate of drug-likeness (QED) is 0.896. The van der Waals surface area contributed by atoms with Crippen molar-refractivity contribution in [2.75, 3.05) is 0 Å². The molecular formula is C17H18N2O. The molecule has 3 heteroatoms. The SMILES string of the molecule is N[C@H](C(=O)NC1CCc2ccccc21)c1ccccc1. The highest BCUT2D eigenvalue weighted by atomic mass is 16.2. The van der Waals surface area contributed by atoms with E-state index < -0.39 is 6.04 Å². The van der Waals surface area contributed by atoms with Crippen LogP contribution in [0.4, 0.5) is 0 Å². The average molecular weight is 266 g/mol. The molecule has 20 heavy (non-hydrogen) atoms. The summed E-state index contributed by atoms with van der Waals surface area (Å²) in [5.41, 5.74) is 9.42. The largest absolute Gasteiger partial charge is 0.348 e. The molecule has 102 valence electrons. The molecular weight excluding hydrogens is 248 g/mol. The molecule has 2 atom stereocenters. The topological polar surface area (TPSA) is 55.1 Å². The van der Waals surface area contributed by atoms with Crippen LogP contribution in [-0.2, 0) is 11.2 Å². The summed E-state index contributed by atoms with van der Waals surface area (Å²) in [5.74, 6) is -0.113. The highest BCUT2D eigenvalue weighted by Crippen LogP contribution is 2.31. The van der Waals surface area contributed by atoms with Crippen LogP contribution in [0.3, 0.4) is 0 Å². The zero-order valence-corrected chi connectivity index (χ0v) is 11.3. The van der Waals surface area contributed by atoms with Gasteiger partial charge >= 0.3 is 0 Å². The van der Waals surface area contributed by atoms with Crippen molar-refractivity contribution < 1.29 is 4.79 Å². The molecule has 0 saturated heterocycles. The molecule has 1 aliphatic rings. The smallest absolute Gasteiger partial charge is 0.241 e. The number of rotatable bonds is 3. The van der Waals surface area contributed by atoms with Crippen LogP contribution >= 0.6 is 0 Å². The Kier molecular flexibility index (Phi) is 3.52. The van der Waals surface area contributed by atoms with Gasteiger partial charge in [0.25, 0.3) is 0 Å². The molecule has 1 unspecified atom stereocenters. The second kappa shape index (κ2) is 5.47. The van der Waals surface area contributed by atoms with E-state index in [4.69, 9.17) is 5.73 Å². The summed E-state index contributed by atoms with van der Waals surface area (Å²) >= 11 is 0. The summed E-state index contributed by atoms with van der Waals surface area (Å²) in [6.07, 6.45) is 1.97. The molecule has 0 bridgehead atoms. The minimum Gasteiger partial charge on any atom is -0.348 e. The van der Waals surface area contributed by atoms with Crippen molar-refractivity contribution in [1.82, 2.24) is 5.32 Å². The number of nitrogens with two attached hydrogens (primary N) is 1. The molecule has 3 N–H and O–H groups in total. The molecule has 0 aliphatic heterocycles. The Morgan fingerprint density at radius 2 is 1.80 bits per heavy atom. The molecule has 0 fully saturated rings. The van der Waals surface area contributed by atoms with Crippen molar-refractivity contribution in [3.63, 3.8) is 0 Å². The molecule has 1 amide bonds. The molecule has 1 aliphatic carbocycles. The lowest BCUT2D eigenvalue weighted by molar-refractivity contribution is -0.123. The maximum Gasteiger partial charge on any atom is 0.241 e. The first-order valence-electron chi connectivity index (χ1n) is 6.94. The van der Waals surface area contributed by atoms with Gasteiger partial charge in [0.05, 0.1) is 6.04 Å². The van der Waals surface area contributed by atoms with Crippen molar-refractivity contribution in [2.45, 2.75) is 24.9 Å². The van der Waals surface area contributed by atoms with Gasteiger partial charge in [-0.15, -0.1) is 0 Å². The summed E-state index contributed by atoms with van der Waals surface area (Å²) in [7, 11) is 0. The first kappa shape index (κ1) is 12.9. The van der Waals surface area contributed by atoms with Gasteiger partial charge in [-0.2, -0.15) is 0 Å². The van der Waals surface area contributed by atoms with Crippen LogP contribution in [0.2, 0.25) is 0 Å². The van der Waals surface area contributed by atoms with E-state index in [0.717, 1.165) is 18.4 Å². The molecule has 3 nitrogen and oxygen atoms in total. The van der Waals surface area contributed by atoms with E-state index in [-0.39, 0.29) is 11.9 Å². The molecule has 0 radical (unpaired) electrons. The highest BCUT2D eigenvalue weighted by molar-refractivity contribution is 5.83. The number of fused-ring (bicyclic) bond motifs is 1. The summed E-state index contributed by atoms with van der Waals surface area (Å²) < 4.78 is 0. The van der Waals surface area contributed by atoms with Crippen LogP contribution in [0, 0.1) is 0 Å². The fraction of sp³-hybridized carbons (Fsp3) is 0.235. The van der Waals surface area contributed by atoms with Gasteiger partial charge in [-0.25, -0.2) is 0 Å². The Morgan fingerprint density at radius 1 is 1.10 bits per heavy atom. The number of carbonyl (C=O) groups is 1. The van der Waals surface area contributed by atoms with Gasteiger partial charge in [0, 0.05) is 0 Å². The van der Waals surface area contributed by atoms with E-state index in [1.54, 1.807) is 0 Å². The predicted octanol–water partition coefficient (Wildman–Crippen LogP) is 2.49. The van der Waals surface area contributed by atoms with Crippen LogP contribution in [0.5, 0.6) is 0 Å². The van der Waals surface area contributed by atoms with Gasteiger partial charge in [-0.1, -0.05) is 54.6 Å². The van der Waals surface area contributed by atoms with Crippen LogP contribution in [0.1, 0.15) is 35.2 Å². The van der Waals surface area contributed by atoms with Gasteiger partial charge in [0.1, 0.15) is 6.04 Å². The van der Waals surface area contributed by atoms with Crippen molar-refractivity contribution in [3.05, 3.63) is 71.3 Å². The van der Waals surface area contributed by atoms with Crippen LogP contribution in [-0.4, -0.2) is 5.91 Å². The molecule has 0 aromatic heterocycles. The first-order valence-corrected chi connectivity index (χ1v) is 6.94. The lowest BCUT2D eigenvalue weighted by atomic mass is 10.1. The summed E-state index contributed by atoms with van der Waals surface area (Å²) in [6.45, 7) is 0. The third-order valence-corrected chi connectivity index (χ3v) is 3.89. The van der Waals surface area contributed by atoms with Crippen molar-refractivity contribution in [2.24, 2.45) is 5.73 Å². The van der Waals surface area contributed by atoms with Crippen molar-refractivity contribution in [1.29, 1.82) is 0 Å². The maximum atomic E-state index is 12.3. The maximum absolute atomic E-state index is 12.3. The predicted molar refractivity (Wildman–Crippen MR) is 79.0 cm³/mol. The first-order chi connectivity index (χ1) is 9.75. The van der Waals surface area contributed by atoms with E-state index in [2.05, 4.69) is 17.4 Å². The molecule has 3 rings (SSSR count). The van der Waals surface area contributed by atoms with E-state index >= 15 is 0 Å². The zero-order valence-electron chi connectivity index (χ0n) is 11.3. The normalized spacial score (nSPS) is 18.4. The minimum absolute atomic E-state index is 0.0912. The number of hydrogen-bond acceptors (Lipinski definition) is 2. The van der Waals surface area contributed by atoms with E-state index in [1.807, 2.05) is 42.5 Å². The third-order valence-electron chi connectivity index (χ3n) is 3.89. The van der Waals surface area contributed by atoms with E-state index in [0.29, 0.717) is 0 Å². The Hall–Kier alpha value is -2.13. The minimum atomic E-state index is -0.607. The number of amides is 1. The molecule has 0 spiro atoms. The fourth-order valence-corrected chi connectivity index (χ4v) is 2.78. The Balaban J connectivity index is 1.72. The molecule has 2 aromatic carbocycles. The Labute approximate surface area is 118 Å². The Bertz CT molecular complexity index is 609. The van der Waals surface area contributed by atoms with Gasteiger partial charge in [-0.3, -0.25) is 4.79 Å². The lowest BCUT2D eigenvalue weighted by Crippen LogP contribution is -2.35. The number of hydrogen-bond donors (Lipinski definition) is 2. The van der Waals surface area contributed by atoms with Crippen LogP contribution < -0.4 is 11.1 Å².